The van der Waals surface area contributed by atoms with E-state index in [0.29, 0.717) is 22.4 Å². The second-order valence-corrected chi connectivity index (χ2v) is 8.50. The van der Waals surface area contributed by atoms with Gasteiger partial charge in [0.2, 0.25) is 0 Å². The molecule has 1 aromatic heterocycles. The number of carbonyl (C=O) groups is 2. The molecule has 0 fully saturated rings. The summed E-state index contributed by atoms with van der Waals surface area (Å²) in [5.41, 5.74) is 4.24. The molecule has 1 N–H and O–H groups in total. The number of methoxy groups -OCH3 is 1. The number of aliphatic carboxylic acids is 1. The van der Waals surface area contributed by atoms with Crippen LogP contribution >= 0.6 is 0 Å². The van der Waals surface area contributed by atoms with Gasteiger partial charge in [0.1, 0.15) is 5.82 Å². The molecule has 32 heavy (non-hydrogen) atoms. The fourth-order valence-corrected chi connectivity index (χ4v) is 3.96. The molecule has 0 radical (unpaired) electrons. The number of carboxylic acid groups (broad SMARTS) is 1. The Morgan fingerprint density at radius 1 is 1.12 bits per heavy atom. The molecule has 2 aromatic rings. The summed E-state index contributed by atoms with van der Waals surface area (Å²) in [6.07, 6.45) is 1.38. The predicted molar refractivity (Wildman–Crippen MR) is 123 cm³/mol. The van der Waals surface area contributed by atoms with E-state index in [-0.39, 0.29) is 42.9 Å². The number of aromatic nitrogens is 1. The Bertz CT molecular complexity index is 980. The molecule has 0 spiro atoms. The maximum atomic E-state index is 13.7. The van der Waals surface area contributed by atoms with E-state index in [9.17, 15) is 19.1 Å². The van der Waals surface area contributed by atoms with Crippen molar-refractivity contribution in [1.29, 1.82) is 0 Å². The van der Waals surface area contributed by atoms with Crippen molar-refractivity contribution in [2.24, 2.45) is 0 Å². The van der Waals surface area contributed by atoms with E-state index in [1.54, 1.807) is 19.2 Å². The molecular formula is C26H32FNO4. The number of benzene rings is 1. The van der Waals surface area contributed by atoms with Crippen molar-refractivity contribution in [3.05, 3.63) is 65.3 Å². The van der Waals surface area contributed by atoms with Gasteiger partial charge in [-0.15, -0.1) is 0 Å². The minimum Gasteiger partial charge on any atom is -0.481 e. The van der Waals surface area contributed by atoms with Crippen LogP contribution in [0.3, 0.4) is 0 Å². The van der Waals surface area contributed by atoms with Gasteiger partial charge in [-0.3, -0.25) is 14.6 Å². The number of halogens is 1. The lowest BCUT2D eigenvalue weighted by Crippen LogP contribution is -2.21. The first-order valence-corrected chi connectivity index (χ1v) is 10.8. The summed E-state index contributed by atoms with van der Waals surface area (Å²) in [5.74, 6) is -2.58. The van der Waals surface area contributed by atoms with E-state index in [1.165, 1.54) is 18.2 Å². The highest BCUT2D eigenvalue weighted by molar-refractivity contribution is 5.90. The Hall–Kier alpha value is -2.86. The SMILES string of the molecule is C=CC(=O)CCC(C(=O)O)c1c(C(C)C)nc(C(C)C)c(COC)c1-c1ccc(F)cc1. The predicted octanol–water partition coefficient (Wildman–Crippen LogP) is 5.98. The zero-order valence-corrected chi connectivity index (χ0v) is 19.4. The number of ether oxygens (including phenoxy) is 1. The third kappa shape index (κ3) is 5.68. The Labute approximate surface area is 189 Å². The molecule has 0 bridgehead atoms. The van der Waals surface area contributed by atoms with Crippen LogP contribution in [0.5, 0.6) is 0 Å². The number of ketones is 1. The molecule has 1 heterocycles. The number of carboxylic acids is 1. The summed E-state index contributed by atoms with van der Waals surface area (Å²) in [4.78, 5) is 29.3. The Balaban J connectivity index is 2.96. The topological polar surface area (TPSA) is 76.5 Å². The molecule has 5 nitrogen and oxygen atoms in total. The molecule has 0 amide bonds. The smallest absolute Gasteiger partial charge is 0.311 e. The Kier molecular flexibility index (Phi) is 8.84. The minimum absolute atomic E-state index is 0.0600. The molecule has 1 atom stereocenters. The summed E-state index contributed by atoms with van der Waals surface area (Å²) < 4.78 is 19.2. The van der Waals surface area contributed by atoms with E-state index < -0.39 is 11.9 Å². The van der Waals surface area contributed by atoms with Crippen molar-refractivity contribution in [2.45, 2.75) is 64.9 Å². The Morgan fingerprint density at radius 3 is 2.19 bits per heavy atom. The minimum atomic E-state index is -1.03. The van der Waals surface area contributed by atoms with E-state index in [4.69, 9.17) is 9.72 Å². The highest BCUT2D eigenvalue weighted by Crippen LogP contribution is 2.42. The molecule has 0 aliphatic heterocycles. The van der Waals surface area contributed by atoms with E-state index >= 15 is 0 Å². The van der Waals surface area contributed by atoms with Crippen LogP contribution in [0, 0.1) is 5.82 Å². The number of nitrogens with zero attached hydrogens (tertiary/aromatic N) is 1. The van der Waals surface area contributed by atoms with Gasteiger partial charge in [0.05, 0.1) is 12.5 Å². The highest BCUT2D eigenvalue weighted by Gasteiger charge is 2.32. The zero-order chi connectivity index (χ0) is 24.0. The van der Waals surface area contributed by atoms with Gasteiger partial charge in [-0.2, -0.15) is 0 Å². The van der Waals surface area contributed by atoms with Crippen LogP contribution in [0.2, 0.25) is 0 Å². The van der Waals surface area contributed by atoms with Crippen molar-refractivity contribution in [2.75, 3.05) is 7.11 Å². The highest BCUT2D eigenvalue weighted by atomic mass is 19.1. The second kappa shape index (κ2) is 11.1. The monoisotopic (exact) mass is 441 g/mol. The van der Waals surface area contributed by atoms with Gasteiger partial charge < -0.3 is 9.84 Å². The first kappa shape index (κ1) is 25.4. The molecule has 1 aromatic carbocycles. The molecule has 0 aliphatic rings. The number of pyridine rings is 1. The van der Waals surface area contributed by atoms with Crippen molar-refractivity contribution >= 4 is 11.8 Å². The van der Waals surface area contributed by atoms with Gasteiger partial charge in [0.25, 0.3) is 0 Å². The third-order valence-electron chi connectivity index (χ3n) is 5.47. The second-order valence-electron chi connectivity index (χ2n) is 8.50. The molecule has 172 valence electrons. The largest absolute Gasteiger partial charge is 0.481 e. The Morgan fingerprint density at radius 2 is 1.72 bits per heavy atom. The van der Waals surface area contributed by atoms with Gasteiger partial charge in [-0.25, -0.2) is 4.39 Å². The standard InChI is InChI=1S/C26H32FNO4/c1-7-19(29)12-13-20(26(30)31)23-22(17-8-10-18(27)11-9-17)21(14-32-6)24(15(2)3)28-25(23)16(4)5/h7-11,15-16,20H,1,12-14H2,2-6H3,(H,30,31). The van der Waals surface area contributed by atoms with Crippen LogP contribution in [0.15, 0.2) is 36.9 Å². The average Bonchev–Trinajstić information content (AvgIpc) is 2.74. The summed E-state index contributed by atoms with van der Waals surface area (Å²) >= 11 is 0. The molecule has 0 saturated heterocycles. The summed E-state index contributed by atoms with van der Waals surface area (Å²) in [7, 11) is 1.58. The van der Waals surface area contributed by atoms with Crippen LogP contribution < -0.4 is 0 Å². The number of allylic oxidation sites excluding steroid dienone is 1. The van der Waals surface area contributed by atoms with Crippen LogP contribution in [0.1, 0.15) is 80.8 Å². The van der Waals surface area contributed by atoms with Crippen LogP contribution in [-0.2, 0) is 20.9 Å². The van der Waals surface area contributed by atoms with Crippen molar-refractivity contribution in [3.8, 4) is 11.1 Å². The van der Waals surface area contributed by atoms with Gasteiger partial charge in [-0.1, -0.05) is 46.4 Å². The van der Waals surface area contributed by atoms with E-state index in [1.807, 2.05) is 27.7 Å². The quantitative estimate of drug-likeness (QED) is 0.434. The number of hydrogen-bond acceptors (Lipinski definition) is 4. The first-order chi connectivity index (χ1) is 15.1. The molecule has 2 rings (SSSR count). The lowest BCUT2D eigenvalue weighted by atomic mass is 9.80. The molecule has 1 unspecified atom stereocenters. The van der Waals surface area contributed by atoms with E-state index in [0.717, 1.165) is 11.3 Å². The maximum Gasteiger partial charge on any atom is 0.311 e. The lowest BCUT2D eigenvalue weighted by molar-refractivity contribution is -0.139. The zero-order valence-electron chi connectivity index (χ0n) is 19.4. The van der Waals surface area contributed by atoms with Gasteiger partial charge in [0.15, 0.2) is 5.78 Å². The molecule has 6 heteroatoms. The lowest BCUT2D eigenvalue weighted by Gasteiger charge is -2.27. The van der Waals surface area contributed by atoms with Crippen LogP contribution in [0.4, 0.5) is 4.39 Å². The molecule has 0 saturated carbocycles. The number of rotatable bonds is 11. The summed E-state index contributed by atoms with van der Waals surface area (Å²) in [6.45, 7) is 11.7. The van der Waals surface area contributed by atoms with E-state index in [2.05, 4.69) is 6.58 Å². The first-order valence-electron chi connectivity index (χ1n) is 10.8. The van der Waals surface area contributed by atoms with Crippen LogP contribution in [0.25, 0.3) is 11.1 Å². The molecule has 0 aliphatic carbocycles. The van der Waals surface area contributed by atoms with Crippen molar-refractivity contribution in [1.82, 2.24) is 4.98 Å². The average molecular weight is 442 g/mol. The normalized spacial score (nSPS) is 12.2. The third-order valence-corrected chi connectivity index (χ3v) is 5.47. The van der Waals surface area contributed by atoms with Gasteiger partial charge in [0, 0.05) is 30.5 Å². The van der Waals surface area contributed by atoms with Gasteiger partial charge in [-0.05, 0) is 53.2 Å². The summed E-state index contributed by atoms with van der Waals surface area (Å²) in [5, 5.41) is 10.2. The number of hydrogen-bond donors (Lipinski definition) is 1. The number of carbonyl (C=O) groups excluding carboxylic acids is 1. The van der Waals surface area contributed by atoms with Crippen LogP contribution in [-0.4, -0.2) is 29.0 Å². The fourth-order valence-electron chi connectivity index (χ4n) is 3.96. The summed E-state index contributed by atoms with van der Waals surface area (Å²) in [6, 6.07) is 6.01. The fraction of sp³-hybridized carbons (Fsp3) is 0.423. The van der Waals surface area contributed by atoms with Crippen molar-refractivity contribution < 1.29 is 23.8 Å². The van der Waals surface area contributed by atoms with Crippen molar-refractivity contribution in [3.63, 3.8) is 0 Å². The molecular weight excluding hydrogens is 409 g/mol. The van der Waals surface area contributed by atoms with Gasteiger partial charge >= 0.3 is 5.97 Å². The maximum absolute atomic E-state index is 13.7.